The average Bonchev–Trinajstić information content (AvgIpc) is 3.47. The topological polar surface area (TPSA) is 96.1 Å². The summed E-state index contributed by atoms with van der Waals surface area (Å²) in [4.78, 5) is 18.7. The molecule has 1 heterocycles. The number of H-pyrrole nitrogens is 1. The number of hydrogen-bond acceptors (Lipinski definition) is 4. The van der Waals surface area contributed by atoms with Gasteiger partial charge in [0.1, 0.15) is 0 Å². The molecule has 1 N–H and O–H groups in total. The SMILES string of the molecule is Cc1ccc(S(=O)(=O)/N=C(/CC(C)(CC(=O)c2nc[nH][n+]2-c2c(C)cc(C)cc2C)c2ccccc2)c2ccccc2)cc1. The van der Waals surface area contributed by atoms with Gasteiger partial charge in [0.15, 0.2) is 5.69 Å². The third kappa shape index (κ3) is 6.60. The van der Waals surface area contributed by atoms with Crippen molar-refractivity contribution in [1.29, 1.82) is 0 Å². The molecule has 0 radical (unpaired) electrons. The van der Waals surface area contributed by atoms with Crippen LogP contribution in [-0.4, -0.2) is 30.0 Å². The van der Waals surface area contributed by atoms with Gasteiger partial charge in [-0.15, -0.1) is 4.68 Å². The zero-order valence-corrected chi connectivity index (χ0v) is 26.5. The molecule has 5 aromatic rings. The summed E-state index contributed by atoms with van der Waals surface area (Å²) in [6.45, 7) is 9.97. The molecule has 0 saturated heterocycles. The average molecular weight is 606 g/mol. The van der Waals surface area contributed by atoms with Gasteiger partial charge >= 0.3 is 5.82 Å². The molecule has 7 nitrogen and oxygen atoms in total. The molecule has 1 unspecified atom stereocenters. The Morgan fingerprint density at radius 1 is 0.818 bits per heavy atom. The second kappa shape index (κ2) is 12.5. The summed E-state index contributed by atoms with van der Waals surface area (Å²) in [5, 5.41) is 3.13. The van der Waals surface area contributed by atoms with Crippen LogP contribution in [0.25, 0.3) is 5.69 Å². The maximum atomic E-state index is 14.2. The van der Waals surface area contributed by atoms with E-state index in [1.54, 1.807) is 28.9 Å². The number of carbonyl (C=O) groups is 1. The fraction of sp³-hybridized carbons (Fsp3) is 0.222. The van der Waals surface area contributed by atoms with E-state index >= 15 is 0 Å². The molecule has 0 fully saturated rings. The van der Waals surface area contributed by atoms with Gasteiger partial charge in [-0.25, -0.2) is 0 Å². The van der Waals surface area contributed by atoms with Gasteiger partial charge in [0, 0.05) is 18.3 Å². The Hall–Kier alpha value is -4.69. The number of aromatic amines is 1. The van der Waals surface area contributed by atoms with E-state index in [0.29, 0.717) is 11.3 Å². The number of aromatic nitrogens is 3. The lowest BCUT2D eigenvalue weighted by atomic mass is 9.73. The molecule has 0 saturated carbocycles. The van der Waals surface area contributed by atoms with Crippen molar-refractivity contribution < 1.29 is 17.9 Å². The summed E-state index contributed by atoms with van der Waals surface area (Å²) in [6.07, 6.45) is 1.80. The number of Topliss-reactive ketones (excluding diaryl/α,β-unsaturated/α-hetero) is 1. The maximum Gasteiger partial charge on any atom is 0.392 e. The van der Waals surface area contributed by atoms with Crippen LogP contribution < -0.4 is 4.68 Å². The van der Waals surface area contributed by atoms with E-state index in [9.17, 15) is 13.2 Å². The molecular formula is C36H37N4O3S+. The van der Waals surface area contributed by atoms with Gasteiger partial charge in [-0.1, -0.05) is 103 Å². The summed E-state index contributed by atoms with van der Waals surface area (Å²) in [5.41, 5.74) is 6.17. The lowest BCUT2D eigenvalue weighted by Gasteiger charge is -2.30. The van der Waals surface area contributed by atoms with Crippen molar-refractivity contribution in [3.05, 3.63) is 143 Å². The zero-order valence-electron chi connectivity index (χ0n) is 25.7. The Kier molecular flexibility index (Phi) is 8.74. The Balaban J connectivity index is 1.59. The van der Waals surface area contributed by atoms with Crippen LogP contribution in [0.5, 0.6) is 0 Å². The molecule has 0 aliphatic heterocycles. The first-order valence-electron chi connectivity index (χ1n) is 14.6. The number of hydrogen-bond donors (Lipinski definition) is 1. The molecule has 224 valence electrons. The number of aryl methyl sites for hydroxylation is 4. The van der Waals surface area contributed by atoms with Crippen LogP contribution in [-0.2, 0) is 15.4 Å². The van der Waals surface area contributed by atoms with Crippen LogP contribution in [0.3, 0.4) is 0 Å². The van der Waals surface area contributed by atoms with E-state index in [1.165, 1.54) is 6.33 Å². The highest BCUT2D eigenvalue weighted by atomic mass is 32.2. The van der Waals surface area contributed by atoms with Crippen molar-refractivity contribution in [1.82, 2.24) is 10.1 Å². The molecule has 1 atom stereocenters. The molecule has 0 aliphatic rings. The van der Waals surface area contributed by atoms with Crippen molar-refractivity contribution in [2.45, 2.75) is 57.8 Å². The first-order valence-corrected chi connectivity index (χ1v) is 16.0. The summed E-state index contributed by atoms with van der Waals surface area (Å²) in [6, 6.07) is 29.8. The van der Waals surface area contributed by atoms with Gasteiger partial charge in [-0.2, -0.15) is 17.9 Å². The molecule has 0 amide bonds. The summed E-state index contributed by atoms with van der Waals surface area (Å²) in [7, 11) is -4.02. The smallest absolute Gasteiger partial charge is 0.285 e. The predicted octanol–water partition coefficient (Wildman–Crippen LogP) is 6.72. The van der Waals surface area contributed by atoms with E-state index in [4.69, 9.17) is 0 Å². The van der Waals surface area contributed by atoms with Crippen LogP contribution in [0, 0.1) is 27.7 Å². The first kappa shape index (κ1) is 30.8. The minimum atomic E-state index is -4.02. The third-order valence-corrected chi connectivity index (χ3v) is 9.26. The highest BCUT2D eigenvalue weighted by molar-refractivity contribution is 7.90. The maximum absolute atomic E-state index is 14.2. The second-order valence-corrected chi connectivity index (χ2v) is 13.3. The second-order valence-electron chi connectivity index (χ2n) is 11.7. The normalized spacial score (nSPS) is 13.4. The molecule has 0 spiro atoms. The quantitative estimate of drug-likeness (QED) is 0.109. The van der Waals surface area contributed by atoms with Crippen molar-refractivity contribution in [3.63, 3.8) is 0 Å². The minimum Gasteiger partial charge on any atom is -0.285 e. The Morgan fingerprint density at radius 2 is 1.41 bits per heavy atom. The number of benzene rings is 4. The van der Waals surface area contributed by atoms with Crippen LogP contribution in [0.15, 0.2) is 113 Å². The highest BCUT2D eigenvalue weighted by Crippen LogP contribution is 2.35. The molecule has 0 bridgehead atoms. The van der Waals surface area contributed by atoms with Gasteiger partial charge in [-0.05, 0) is 67.1 Å². The van der Waals surface area contributed by atoms with Crippen molar-refractivity contribution in [2.24, 2.45) is 4.40 Å². The number of carbonyl (C=O) groups excluding carboxylic acids is 1. The number of sulfonamides is 1. The first-order chi connectivity index (χ1) is 21.0. The molecule has 44 heavy (non-hydrogen) atoms. The number of rotatable bonds is 10. The summed E-state index contributed by atoms with van der Waals surface area (Å²) in [5.74, 6) is 0.110. The number of nitrogens with one attached hydrogen (secondary N) is 1. The molecule has 8 heteroatoms. The highest BCUT2D eigenvalue weighted by Gasteiger charge is 2.37. The van der Waals surface area contributed by atoms with Crippen LogP contribution in [0.4, 0.5) is 0 Å². The van der Waals surface area contributed by atoms with Crippen LogP contribution >= 0.6 is 0 Å². The van der Waals surface area contributed by atoms with Crippen molar-refractivity contribution in [3.8, 4) is 5.69 Å². The Labute approximate surface area is 259 Å². The van der Waals surface area contributed by atoms with Gasteiger partial charge in [0.2, 0.25) is 6.33 Å². The standard InChI is InChI=1S/C36H36N4O3S/c1-25-16-18-31(19-17-25)44(42,43)39-32(29-12-8-6-9-13-29)22-36(5,30-14-10-7-11-15-30)23-33(41)35-37-24-38-40(35)34-27(3)20-26(2)21-28(34)4/h6-21,24H,22-23H2,1-5H3/p+1/b39-32-. The Bertz CT molecular complexity index is 1910. The minimum absolute atomic E-state index is 0.0717. The number of nitrogens with zero attached hydrogens (tertiary/aromatic N) is 3. The van der Waals surface area contributed by atoms with Crippen molar-refractivity contribution >= 4 is 21.5 Å². The van der Waals surface area contributed by atoms with Crippen LogP contribution in [0.2, 0.25) is 0 Å². The van der Waals surface area contributed by atoms with E-state index in [2.05, 4.69) is 26.6 Å². The lowest BCUT2D eigenvalue weighted by molar-refractivity contribution is -0.659. The largest absolute Gasteiger partial charge is 0.392 e. The number of ketones is 1. The van der Waals surface area contributed by atoms with Gasteiger partial charge in [0.25, 0.3) is 15.8 Å². The molecule has 4 aromatic carbocycles. The monoisotopic (exact) mass is 605 g/mol. The van der Waals surface area contributed by atoms with Gasteiger partial charge in [-0.3, -0.25) is 4.79 Å². The van der Waals surface area contributed by atoms with E-state index in [-0.39, 0.29) is 29.3 Å². The fourth-order valence-electron chi connectivity index (χ4n) is 5.79. The lowest BCUT2D eigenvalue weighted by Crippen LogP contribution is -2.42. The molecule has 1 aromatic heterocycles. The molecule has 5 rings (SSSR count). The van der Waals surface area contributed by atoms with Gasteiger partial charge < -0.3 is 0 Å². The summed E-state index contributed by atoms with van der Waals surface area (Å²) < 4.78 is 33.3. The molecular weight excluding hydrogens is 568 g/mol. The van der Waals surface area contributed by atoms with Gasteiger partial charge in [0.05, 0.1) is 10.6 Å². The fourth-order valence-corrected chi connectivity index (χ4v) is 6.84. The zero-order chi connectivity index (χ0) is 31.5. The third-order valence-electron chi connectivity index (χ3n) is 7.93. The Morgan fingerprint density at radius 3 is 2.02 bits per heavy atom. The predicted molar refractivity (Wildman–Crippen MR) is 173 cm³/mol. The van der Waals surface area contributed by atoms with Crippen molar-refractivity contribution in [2.75, 3.05) is 0 Å². The van der Waals surface area contributed by atoms with Crippen LogP contribution in [0.1, 0.15) is 63.8 Å². The molecule has 0 aliphatic carbocycles. The van der Waals surface area contributed by atoms with E-state index < -0.39 is 15.4 Å². The van der Waals surface area contributed by atoms with E-state index in [1.807, 2.05) is 95.3 Å². The van der Waals surface area contributed by atoms with E-state index in [0.717, 1.165) is 33.5 Å². The summed E-state index contributed by atoms with van der Waals surface area (Å²) >= 11 is 0.